The Kier molecular flexibility index (Phi) is 7.44. The molecule has 0 bridgehead atoms. The van der Waals surface area contributed by atoms with E-state index < -0.39 is 23.6 Å². The molecule has 160 valence electrons. The second-order valence-electron chi connectivity index (χ2n) is 7.40. The van der Waals surface area contributed by atoms with Crippen molar-refractivity contribution in [2.45, 2.75) is 32.4 Å². The quantitative estimate of drug-likeness (QED) is 0.539. The summed E-state index contributed by atoms with van der Waals surface area (Å²) in [5, 5.41) is 0. The third-order valence-corrected chi connectivity index (χ3v) is 4.10. The van der Waals surface area contributed by atoms with Crippen LogP contribution in [0.3, 0.4) is 0 Å². The average Bonchev–Trinajstić information content (AvgIpc) is 2.69. The Hall–Kier alpha value is -2.81. The monoisotopic (exact) mass is 409 g/mol. The van der Waals surface area contributed by atoms with Gasteiger partial charge < -0.3 is 23.7 Å². The van der Waals surface area contributed by atoms with Gasteiger partial charge >= 0.3 is 18.0 Å². The van der Waals surface area contributed by atoms with Gasteiger partial charge in [0.25, 0.3) is 0 Å². The summed E-state index contributed by atoms with van der Waals surface area (Å²) < 4.78 is 26.1. The molecule has 9 heteroatoms. The number of benzene rings is 1. The van der Waals surface area contributed by atoms with Crippen LogP contribution in [0.2, 0.25) is 0 Å². The lowest BCUT2D eigenvalue weighted by Crippen LogP contribution is -2.52. The van der Waals surface area contributed by atoms with Crippen LogP contribution < -0.4 is 4.74 Å². The van der Waals surface area contributed by atoms with Crippen LogP contribution in [0.15, 0.2) is 18.2 Å². The Labute approximate surface area is 169 Å². The Morgan fingerprint density at radius 3 is 2.38 bits per heavy atom. The highest BCUT2D eigenvalue weighted by Gasteiger charge is 2.31. The van der Waals surface area contributed by atoms with E-state index in [0.717, 1.165) is 0 Å². The highest BCUT2D eigenvalue weighted by atomic mass is 16.6. The second kappa shape index (κ2) is 9.60. The molecule has 0 aliphatic carbocycles. The lowest BCUT2D eigenvalue weighted by atomic mass is 10.1. The van der Waals surface area contributed by atoms with Gasteiger partial charge in [0, 0.05) is 6.54 Å². The fraction of sp³-hybridized carbons (Fsp3) is 0.550. The molecule has 2 rings (SSSR count). The third kappa shape index (κ3) is 6.08. The molecule has 1 fully saturated rings. The van der Waals surface area contributed by atoms with Gasteiger partial charge in [0.15, 0.2) is 0 Å². The first-order valence-electron chi connectivity index (χ1n) is 9.17. The lowest BCUT2D eigenvalue weighted by Gasteiger charge is -2.36. The zero-order valence-corrected chi connectivity index (χ0v) is 17.4. The molecule has 9 nitrogen and oxygen atoms in total. The van der Waals surface area contributed by atoms with E-state index in [9.17, 15) is 14.4 Å². The number of nitrogens with zero attached hydrogens (tertiary/aromatic N) is 1. The molecule has 0 spiro atoms. The minimum absolute atomic E-state index is 0.0285. The summed E-state index contributed by atoms with van der Waals surface area (Å²) in [6.45, 7) is 6.62. The van der Waals surface area contributed by atoms with Crippen molar-refractivity contribution in [2.24, 2.45) is 0 Å². The van der Waals surface area contributed by atoms with E-state index in [1.165, 1.54) is 26.4 Å². The number of esters is 2. The van der Waals surface area contributed by atoms with Crippen LogP contribution in [0.1, 0.15) is 41.5 Å². The van der Waals surface area contributed by atoms with Gasteiger partial charge in [-0.15, -0.1) is 0 Å². The molecule has 0 unspecified atom stereocenters. The molecule has 1 saturated heterocycles. The molecule has 1 aliphatic rings. The van der Waals surface area contributed by atoms with Crippen LogP contribution in [0.5, 0.6) is 5.75 Å². The number of hydrogen-bond donors (Lipinski definition) is 0. The molecule has 0 radical (unpaired) electrons. The molecular formula is C20H27NO8. The first-order chi connectivity index (χ1) is 13.7. The molecule has 1 atom stereocenters. The van der Waals surface area contributed by atoms with Gasteiger partial charge in [-0.05, 0) is 39.0 Å². The van der Waals surface area contributed by atoms with Crippen molar-refractivity contribution in [1.29, 1.82) is 0 Å². The largest absolute Gasteiger partial charge is 0.491 e. The number of hydrogen-bond acceptors (Lipinski definition) is 8. The van der Waals surface area contributed by atoms with Crippen LogP contribution in [-0.2, 0) is 18.9 Å². The molecule has 0 N–H and O–H groups in total. The van der Waals surface area contributed by atoms with E-state index >= 15 is 0 Å². The number of methoxy groups -OCH3 is 2. The fourth-order valence-electron chi connectivity index (χ4n) is 2.73. The van der Waals surface area contributed by atoms with E-state index in [0.29, 0.717) is 25.5 Å². The molecule has 0 saturated carbocycles. The van der Waals surface area contributed by atoms with Gasteiger partial charge in [-0.2, -0.15) is 0 Å². The Balaban J connectivity index is 2.13. The van der Waals surface area contributed by atoms with Crippen LogP contribution in [0.4, 0.5) is 4.79 Å². The summed E-state index contributed by atoms with van der Waals surface area (Å²) in [5.41, 5.74) is -0.510. The van der Waals surface area contributed by atoms with E-state index in [4.69, 9.17) is 18.9 Å². The van der Waals surface area contributed by atoms with Gasteiger partial charge in [0.05, 0.1) is 44.6 Å². The van der Waals surface area contributed by atoms with Gasteiger partial charge in [0.2, 0.25) is 0 Å². The smallest absolute Gasteiger partial charge is 0.410 e. The minimum Gasteiger partial charge on any atom is -0.491 e. The molecular weight excluding hydrogens is 382 g/mol. The van der Waals surface area contributed by atoms with Gasteiger partial charge in [0.1, 0.15) is 18.0 Å². The van der Waals surface area contributed by atoms with Crippen LogP contribution in [0.25, 0.3) is 0 Å². The van der Waals surface area contributed by atoms with E-state index in [2.05, 4.69) is 4.74 Å². The average molecular weight is 409 g/mol. The number of carbonyl (C=O) groups excluding carboxylic acids is 3. The van der Waals surface area contributed by atoms with Crippen LogP contribution >= 0.6 is 0 Å². The second-order valence-corrected chi connectivity index (χ2v) is 7.40. The third-order valence-electron chi connectivity index (χ3n) is 4.10. The number of rotatable bonds is 5. The maximum absolute atomic E-state index is 12.5. The van der Waals surface area contributed by atoms with Crippen LogP contribution in [0, 0.1) is 0 Å². The summed E-state index contributed by atoms with van der Waals surface area (Å²) in [6, 6.07) is 4.01. The first-order valence-corrected chi connectivity index (χ1v) is 9.17. The van der Waals surface area contributed by atoms with Crippen molar-refractivity contribution in [3.63, 3.8) is 0 Å². The summed E-state index contributed by atoms with van der Waals surface area (Å²) in [6.07, 6.45) is -0.439. The highest BCUT2D eigenvalue weighted by Crippen LogP contribution is 2.21. The zero-order chi connectivity index (χ0) is 21.6. The van der Waals surface area contributed by atoms with Crippen molar-refractivity contribution in [1.82, 2.24) is 4.90 Å². The van der Waals surface area contributed by atoms with Crippen molar-refractivity contribution >= 4 is 18.0 Å². The molecule has 0 aromatic heterocycles. The molecule has 1 aromatic rings. The fourth-order valence-corrected chi connectivity index (χ4v) is 2.73. The minimum atomic E-state index is -0.688. The van der Waals surface area contributed by atoms with E-state index in [1.54, 1.807) is 31.7 Å². The Morgan fingerprint density at radius 2 is 1.76 bits per heavy atom. The van der Waals surface area contributed by atoms with Crippen molar-refractivity contribution in [3.8, 4) is 5.75 Å². The molecule has 1 aliphatic heterocycles. The molecule has 1 heterocycles. The van der Waals surface area contributed by atoms with Gasteiger partial charge in [-0.25, -0.2) is 14.4 Å². The Morgan fingerprint density at radius 1 is 1.10 bits per heavy atom. The summed E-state index contributed by atoms with van der Waals surface area (Å²) in [4.78, 5) is 37.9. The maximum atomic E-state index is 12.5. The molecule has 1 aromatic carbocycles. The highest BCUT2D eigenvalue weighted by molar-refractivity contribution is 6.03. The number of amides is 1. The number of ether oxygens (including phenoxy) is 5. The SMILES string of the molecule is COC(=O)c1ccc(OC[C@H]2COCCN2C(=O)OC(C)(C)C)cc1C(=O)OC. The predicted octanol–water partition coefficient (Wildman–Crippen LogP) is 2.27. The lowest BCUT2D eigenvalue weighted by molar-refractivity contribution is -0.0418. The summed E-state index contributed by atoms with van der Waals surface area (Å²) in [5.74, 6) is -1.01. The number of carbonyl (C=O) groups is 3. The standard InChI is InChI=1S/C20H27NO8/c1-20(2,3)29-19(24)21-8-9-27-11-13(21)12-28-14-6-7-15(17(22)25-4)16(10-14)18(23)26-5/h6-7,10,13H,8-9,11-12H2,1-5H3/t13-/m1/s1. The normalized spacial score (nSPS) is 16.7. The summed E-state index contributed by atoms with van der Waals surface area (Å²) >= 11 is 0. The van der Waals surface area contributed by atoms with E-state index in [-0.39, 0.29) is 23.8 Å². The number of morpholine rings is 1. The van der Waals surface area contributed by atoms with E-state index in [1.807, 2.05) is 0 Å². The zero-order valence-electron chi connectivity index (χ0n) is 17.4. The predicted molar refractivity (Wildman–Crippen MR) is 102 cm³/mol. The van der Waals surface area contributed by atoms with Gasteiger partial charge in [-0.3, -0.25) is 4.90 Å². The van der Waals surface area contributed by atoms with Crippen molar-refractivity contribution in [3.05, 3.63) is 29.3 Å². The van der Waals surface area contributed by atoms with Gasteiger partial charge in [-0.1, -0.05) is 0 Å². The molecule has 1 amide bonds. The van der Waals surface area contributed by atoms with Crippen molar-refractivity contribution in [2.75, 3.05) is 40.6 Å². The van der Waals surface area contributed by atoms with Crippen molar-refractivity contribution < 1.29 is 38.1 Å². The first kappa shape index (κ1) is 22.5. The maximum Gasteiger partial charge on any atom is 0.410 e. The Bertz CT molecular complexity index is 755. The van der Waals surface area contributed by atoms with Crippen LogP contribution in [-0.4, -0.2) is 75.2 Å². The summed E-state index contributed by atoms with van der Waals surface area (Å²) in [7, 11) is 2.44. The molecule has 29 heavy (non-hydrogen) atoms. The topological polar surface area (TPSA) is 101 Å².